The van der Waals surface area contributed by atoms with E-state index in [0.717, 1.165) is 6.42 Å². The number of rotatable bonds is 3. The SMILES string of the molecule is CCCOC(=O)c1ccccc1.CN. The van der Waals surface area contributed by atoms with Crippen LogP contribution in [0, 0.1) is 0 Å². The van der Waals surface area contributed by atoms with Gasteiger partial charge in [-0.05, 0) is 25.6 Å². The topological polar surface area (TPSA) is 52.3 Å². The Morgan fingerprint density at radius 1 is 1.29 bits per heavy atom. The van der Waals surface area contributed by atoms with Crippen molar-refractivity contribution in [3.05, 3.63) is 35.9 Å². The molecule has 0 saturated carbocycles. The summed E-state index contributed by atoms with van der Waals surface area (Å²) in [6.45, 7) is 2.46. The van der Waals surface area contributed by atoms with Crippen molar-refractivity contribution < 1.29 is 9.53 Å². The number of carbonyl (C=O) groups is 1. The van der Waals surface area contributed by atoms with Crippen molar-refractivity contribution in [1.29, 1.82) is 0 Å². The van der Waals surface area contributed by atoms with Crippen molar-refractivity contribution in [3.8, 4) is 0 Å². The van der Waals surface area contributed by atoms with Gasteiger partial charge in [-0.3, -0.25) is 0 Å². The molecule has 0 aliphatic rings. The fraction of sp³-hybridized carbons (Fsp3) is 0.364. The van der Waals surface area contributed by atoms with Crippen LogP contribution >= 0.6 is 0 Å². The van der Waals surface area contributed by atoms with Gasteiger partial charge in [0.25, 0.3) is 0 Å². The molecule has 14 heavy (non-hydrogen) atoms. The molecule has 0 bridgehead atoms. The van der Waals surface area contributed by atoms with E-state index in [0.29, 0.717) is 12.2 Å². The average molecular weight is 195 g/mol. The first kappa shape index (κ1) is 12.7. The molecule has 3 nitrogen and oxygen atoms in total. The van der Waals surface area contributed by atoms with Crippen LogP contribution in [0.3, 0.4) is 0 Å². The van der Waals surface area contributed by atoms with Crippen molar-refractivity contribution in [2.75, 3.05) is 13.7 Å². The Labute approximate surface area is 84.9 Å². The largest absolute Gasteiger partial charge is 0.462 e. The fourth-order valence-corrected chi connectivity index (χ4v) is 0.852. The third kappa shape index (κ3) is 4.62. The molecule has 0 amide bonds. The van der Waals surface area contributed by atoms with Gasteiger partial charge in [-0.2, -0.15) is 0 Å². The summed E-state index contributed by atoms with van der Waals surface area (Å²) in [6.07, 6.45) is 0.860. The summed E-state index contributed by atoms with van der Waals surface area (Å²) in [7, 11) is 1.50. The average Bonchev–Trinajstić information content (AvgIpc) is 2.30. The second-order valence-electron chi connectivity index (χ2n) is 2.50. The minimum absolute atomic E-state index is 0.238. The maximum absolute atomic E-state index is 11.2. The van der Waals surface area contributed by atoms with Crippen molar-refractivity contribution in [1.82, 2.24) is 0 Å². The Balaban J connectivity index is 0.000000791. The van der Waals surface area contributed by atoms with Gasteiger partial charge in [-0.1, -0.05) is 25.1 Å². The molecule has 3 heteroatoms. The van der Waals surface area contributed by atoms with E-state index >= 15 is 0 Å². The maximum atomic E-state index is 11.2. The lowest BCUT2D eigenvalue weighted by atomic mass is 10.2. The zero-order valence-corrected chi connectivity index (χ0v) is 8.69. The highest BCUT2D eigenvalue weighted by atomic mass is 16.5. The van der Waals surface area contributed by atoms with E-state index in [-0.39, 0.29) is 5.97 Å². The van der Waals surface area contributed by atoms with E-state index in [1.165, 1.54) is 7.05 Å². The second kappa shape index (κ2) is 8.26. The summed E-state index contributed by atoms with van der Waals surface area (Å²) in [5.74, 6) is -0.238. The van der Waals surface area contributed by atoms with Crippen LogP contribution in [0.2, 0.25) is 0 Å². The highest BCUT2D eigenvalue weighted by Crippen LogP contribution is 2.00. The van der Waals surface area contributed by atoms with Crippen LogP contribution in [0.5, 0.6) is 0 Å². The van der Waals surface area contributed by atoms with Crippen LogP contribution in [-0.2, 0) is 4.74 Å². The highest BCUT2D eigenvalue weighted by molar-refractivity contribution is 5.89. The fourth-order valence-electron chi connectivity index (χ4n) is 0.852. The molecule has 0 aliphatic heterocycles. The van der Waals surface area contributed by atoms with E-state index in [2.05, 4.69) is 5.73 Å². The molecule has 78 valence electrons. The Bertz CT molecular complexity index is 247. The zero-order valence-electron chi connectivity index (χ0n) is 8.69. The molecule has 1 rings (SSSR count). The molecule has 0 atom stereocenters. The van der Waals surface area contributed by atoms with Crippen LogP contribution in [-0.4, -0.2) is 19.6 Å². The van der Waals surface area contributed by atoms with Crippen molar-refractivity contribution in [2.45, 2.75) is 13.3 Å². The number of benzene rings is 1. The predicted octanol–water partition coefficient (Wildman–Crippen LogP) is 1.83. The molecule has 1 aromatic rings. The van der Waals surface area contributed by atoms with Gasteiger partial charge in [0.15, 0.2) is 0 Å². The van der Waals surface area contributed by atoms with E-state index < -0.39 is 0 Å². The molecule has 0 heterocycles. The van der Waals surface area contributed by atoms with E-state index in [9.17, 15) is 4.79 Å². The number of carbonyl (C=O) groups excluding carboxylic acids is 1. The lowest BCUT2D eigenvalue weighted by Crippen LogP contribution is -2.05. The first-order valence-corrected chi connectivity index (χ1v) is 4.64. The molecule has 0 aliphatic carbocycles. The van der Waals surface area contributed by atoms with E-state index in [1.807, 2.05) is 25.1 Å². The summed E-state index contributed by atoms with van der Waals surface area (Å²) in [5, 5.41) is 0. The third-order valence-electron chi connectivity index (χ3n) is 1.45. The summed E-state index contributed by atoms with van der Waals surface area (Å²) in [5.41, 5.74) is 5.12. The first-order valence-electron chi connectivity index (χ1n) is 4.64. The van der Waals surface area contributed by atoms with E-state index in [1.54, 1.807) is 12.1 Å². The smallest absolute Gasteiger partial charge is 0.338 e. The molecule has 0 spiro atoms. The molecule has 0 saturated heterocycles. The molecule has 0 fully saturated rings. The van der Waals surface area contributed by atoms with Gasteiger partial charge in [0.1, 0.15) is 0 Å². The summed E-state index contributed by atoms with van der Waals surface area (Å²) < 4.78 is 4.94. The third-order valence-corrected chi connectivity index (χ3v) is 1.45. The number of esters is 1. The lowest BCUT2D eigenvalue weighted by Gasteiger charge is -2.01. The van der Waals surface area contributed by atoms with Crippen LogP contribution in [0.4, 0.5) is 0 Å². The minimum Gasteiger partial charge on any atom is -0.462 e. The highest BCUT2D eigenvalue weighted by Gasteiger charge is 2.03. The maximum Gasteiger partial charge on any atom is 0.338 e. The molecular formula is C11H17NO2. The number of hydrogen-bond donors (Lipinski definition) is 1. The summed E-state index contributed by atoms with van der Waals surface area (Å²) >= 11 is 0. The summed E-state index contributed by atoms with van der Waals surface area (Å²) in [6, 6.07) is 9.01. The Morgan fingerprint density at radius 3 is 2.36 bits per heavy atom. The Kier molecular flexibility index (Phi) is 7.46. The molecular weight excluding hydrogens is 178 g/mol. The van der Waals surface area contributed by atoms with Crippen molar-refractivity contribution in [3.63, 3.8) is 0 Å². The second-order valence-corrected chi connectivity index (χ2v) is 2.50. The number of hydrogen-bond acceptors (Lipinski definition) is 3. The first-order chi connectivity index (χ1) is 6.84. The Hall–Kier alpha value is -1.35. The summed E-state index contributed by atoms with van der Waals surface area (Å²) in [4.78, 5) is 11.2. The number of ether oxygens (including phenoxy) is 1. The van der Waals surface area contributed by atoms with Crippen LogP contribution in [0.25, 0.3) is 0 Å². The standard InChI is InChI=1S/C10H12O2.CH5N/c1-2-8-12-10(11)9-6-4-3-5-7-9;1-2/h3-7H,2,8H2,1H3;2H2,1H3. The monoisotopic (exact) mass is 195 g/mol. The zero-order chi connectivity index (χ0) is 10.8. The number of nitrogens with two attached hydrogens (primary N) is 1. The van der Waals surface area contributed by atoms with Crippen LogP contribution < -0.4 is 5.73 Å². The molecule has 0 radical (unpaired) electrons. The van der Waals surface area contributed by atoms with Gasteiger partial charge in [0.2, 0.25) is 0 Å². The quantitative estimate of drug-likeness (QED) is 0.748. The Morgan fingerprint density at radius 2 is 1.86 bits per heavy atom. The van der Waals surface area contributed by atoms with Crippen molar-refractivity contribution >= 4 is 5.97 Å². The lowest BCUT2D eigenvalue weighted by molar-refractivity contribution is 0.0505. The van der Waals surface area contributed by atoms with Gasteiger partial charge in [-0.15, -0.1) is 0 Å². The normalized spacial score (nSPS) is 8.50. The van der Waals surface area contributed by atoms with Gasteiger partial charge in [-0.25, -0.2) is 4.79 Å². The molecule has 0 unspecified atom stereocenters. The van der Waals surface area contributed by atoms with Gasteiger partial charge >= 0.3 is 5.97 Å². The molecule has 0 aromatic heterocycles. The molecule has 2 N–H and O–H groups in total. The van der Waals surface area contributed by atoms with Gasteiger partial charge in [0, 0.05) is 0 Å². The predicted molar refractivity (Wildman–Crippen MR) is 57.1 cm³/mol. The van der Waals surface area contributed by atoms with E-state index in [4.69, 9.17) is 4.74 Å². The van der Waals surface area contributed by atoms with Gasteiger partial charge in [0.05, 0.1) is 12.2 Å². The van der Waals surface area contributed by atoms with Crippen LogP contribution in [0.15, 0.2) is 30.3 Å². The molecule has 1 aromatic carbocycles. The van der Waals surface area contributed by atoms with Crippen LogP contribution in [0.1, 0.15) is 23.7 Å². The van der Waals surface area contributed by atoms with Crippen molar-refractivity contribution in [2.24, 2.45) is 5.73 Å². The van der Waals surface area contributed by atoms with Gasteiger partial charge < -0.3 is 10.5 Å². The minimum atomic E-state index is -0.238.